The summed E-state index contributed by atoms with van der Waals surface area (Å²) in [6.45, 7) is 2.37. The Morgan fingerprint density at radius 2 is 1.92 bits per heavy atom. The van der Waals surface area contributed by atoms with Crippen molar-refractivity contribution in [1.29, 1.82) is 0 Å². The molecule has 130 valence electrons. The normalized spacial score (nSPS) is 15.1. The maximum Gasteiger partial charge on any atom is 0.261 e. The summed E-state index contributed by atoms with van der Waals surface area (Å²) < 4.78 is 2.49. The lowest BCUT2D eigenvalue weighted by atomic mass is 10.1. The number of aromatic nitrogens is 2. The number of hydrogen-bond acceptors (Lipinski definition) is 3. The maximum absolute atomic E-state index is 12.8. The summed E-state index contributed by atoms with van der Waals surface area (Å²) in [5, 5.41) is 0.578. The van der Waals surface area contributed by atoms with Crippen LogP contribution in [-0.4, -0.2) is 22.5 Å². The van der Waals surface area contributed by atoms with Crippen LogP contribution in [0.15, 0.2) is 51.7 Å². The number of halogens is 1. The van der Waals surface area contributed by atoms with Crippen LogP contribution in [0.2, 0.25) is 0 Å². The molecule has 0 fully saturated rings. The van der Waals surface area contributed by atoms with E-state index in [-0.39, 0.29) is 11.5 Å². The first-order chi connectivity index (χ1) is 12.5. The fourth-order valence-corrected chi connectivity index (χ4v) is 3.65. The monoisotopic (exact) mass is 409 g/mol. The Labute approximate surface area is 158 Å². The quantitative estimate of drug-likeness (QED) is 0.606. The first kappa shape index (κ1) is 16.7. The number of nitrogens with zero attached hydrogens (tertiary/aromatic N) is 3. The molecule has 0 radical (unpaired) electrons. The predicted molar refractivity (Wildman–Crippen MR) is 107 cm³/mol. The molecule has 0 saturated carbocycles. The molecule has 0 N–H and O–H groups in total. The molecule has 0 atom stereocenters. The number of likely N-dealkylation sites (N-methyl/N-ethyl adjacent to an activating group) is 1. The number of para-hydroxylation sites is 1. The third-order valence-electron chi connectivity index (χ3n) is 4.63. The molecule has 26 heavy (non-hydrogen) atoms. The number of rotatable bonds is 2. The summed E-state index contributed by atoms with van der Waals surface area (Å²) in [4.78, 5) is 31.8. The van der Waals surface area contributed by atoms with Gasteiger partial charge in [0.1, 0.15) is 5.82 Å². The van der Waals surface area contributed by atoms with Crippen LogP contribution in [0, 0.1) is 0 Å². The van der Waals surface area contributed by atoms with Crippen LogP contribution >= 0.6 is 15.9 Å². The fraction of sp³-hybridized carbons (Fsp3) is 0.150. The van der Waals surface area contributed by atoms with E-state index < -0.39 is 0 Å². The van der Waals surface area contributed by atoms with Gasteiger partial charge in [-0.2, -0.15) is 0 Å². The molecular weight excluding hydrogens is 394 g/mol. The molecule has 2 heterocycles. The van der Waals surface area contributed by atoms with Gasteiger partial charge in [-0.05, 0) is 43.3 Å². The molecule has 0 unspecified atom stereocenters. The zero-order chi connectivity index (χ0) is 18.4. The lowest BCUT2D eigenvalue weighted by molar-refractivity contribution is -0.112. The van der Waals surface area contributed by atoms with E-state index in [0.717, 1.165) is 15.7 Å². The number of benzene rings is 2. The molecule has 0 saturated heterocycles. The summed E-state index contributed by atoms with van der Waals surface area (Å²) in [6, 6.07) is 13.0. The minimum atomic E-state index is -0.108. The first-order valence-electron chi connectivity index (χ1n) is 8.30. The molecule has 6 heteroatoms. The van der Waals surface area contributed by atoms with Crippen molar-refractivity contribution in [2.24, 2.45) is 0 Å². The number of fused-ring (bicyclic) bond motifs is 2. The van der Waals surface area contributed by atoms with Crippen LogP contribution in [0.25, 0.3) is 22.6 Å². The second-order valence-corrected chi connectivity index (χ2v) is 7.04. The highest BCUT2D eigenvalue weighted by Gasteiger charge is 2.30. The number of amides is 1. The van der Waals surface area contributed by atoms with Crippen LogP contribution in [0.1, 0.15) is 18.3 Å². The molecule has 1 aliphatic heterocycles. The summed E-state index contributed by atoms with van der Waals surface area (Å²) in [5.41, 5.74) is 2.74. The van der Waals surface area contributed by atoms with Crippen LogP contribution < -0.4 is 10.5 Å². The first-order valence-corrected chi connectivity index (χ1v) is 9.10. The van der Waals surface area contributed by atoms with Crippen LogP contribution in [0.3, 0.4) is 0 Å². The van der Waals surface area contributed by atoms with Crippen molar-refractivity contribution in [1.82, 2.24) is 9.55 Å². The van der Waals surface area contributed by atoms with Crippen LogP contribution in [-0.2, 0) is 11.3 Å². The summed E-state index contributed by atoms with van der Waals surface area (Å²) in [5.74, 6) is 0.379. The molecule has 1 aromatic heterocycles. The minimum absolute atomic E-state index is 0.0989. The van der Waals surface area contributed by atoms with E-state index in [2.05, 4.69) is 20.9 Å². The Hall–Kier alpha value is -2.73. The smallest absolute Gasteiger partial charge is 0.261 e. The molecule has 5 nitrogen and oxygen atoms in total. The summed E-state index contributed by atoms with van der Waals surface area (Å²) in [7, 11) is 1.75. The highest BCUT2D eigenvalue weighted by atomic mass is 79.9. The number of carbonyl (C=O) groups is 1. The molecule has 3 aromatic rings. The van der Waals surface area contributed by atoms with Gasteiger partial charge >= 0.3 is 0 Å². The van der Waals surface area contributed by atoms with Crippen molar-refractivity contribution in [3.8, 4) is 0 Å². The van der Waals surface area contributed by atoms with E-state index in [1.807, 2.05) is 43.3 Å². The molecule has 0 spiro atoms. The van der Waals surface area contributed by atoms with Crippen molar-refractivity contribution < 1.29 is 4.79 Å². The van der Waals surface area contributed by atoms with E-state index in [4.69, 9.17) is 0 Å². The topological polar surface area (TPSA) is 55.2 Å². The average Bonchev–Trinajstić information content (AvgIpc) is 2.86. The Bertz CT molecular complexity index is 1150. The van der Waals surface area contributed by atoms with E-state index in [1.54, 1.807) is 28.7 Å². The van der Waals surface area contributed by atoms with Crippen molar-refractivity contribution in [3.63, 3.8) is 0 Å². The minimum Gasteiger partial charge on any atom is -0.311 e. The van der Waals surface area contributed by atoms with E-state index in [0.29, 0.717) is 28.8 Å². The van der Waals surface area contributed by atoms with Crippen LogP contribution in [0.4, 0.5) is 5.69 Å². The van der Waals surface area contributed by atoms with Gasteiger partial charge in [-0.25, -0.2) is 4.98 Å². The summed E-state index contributed by atoms with van der Waals surface area (Å²) in [6.07, 6.45) is 1.72. The van der Waals surface area contributed by atoms with Crippen molar-refractivity contribution in [2.45, 2.75) is 13.5 Å². The fourth-order valence-electron chi connectivity index (χ4n) is 3.29. The van der Waals surface area contributed by atoms with Gasteiger partial charge in [0, 0.05) is 23.6 Å². The second kappa shape index (κ2) is 6.21. The standard InChI is InChI=1S/C20H16BrN3O2/c1-3-24-18(22-16-7-5-4-6-13(16)20(24)26)11-15-14-10-12(21)8-9-17(14)23(2)19(15)25/h4-11H,3H2,1-2H3/b15-11-. The van der Waals surface area contributed by atoms with E-state index >= 15 is 0 Å². The molecule has 0 bridgehead atoms. The summed E-state index contributed by atoms with van der Waals surface area (Å²) >= 11 is 3.46. The Balaban J connectivity index is 1.99. The molecule has 1 aliphatic rings. The largest absolute Gasteiger partial charge is 0.311 e. The highest BCUT2D eigenvalue weighted by molar-refractivity contribution is 9.10. The Morgan fingerprint density at radius 3 is 2.69 bits per heavy atom. The van der Waals surface area contributed by atoms with Gasteiger partial charge in [0.15, 0.2) is 0 Å². The third kappa shape index (κ3) is 2.49. The molecule has 4 rings (SSSR count). The van der Waals surface area contributed by atoms with Crippen molar-refractivity contribution >= 4 is 50.1 Å². The molecule has 2 aromatic carbocycles. The number of anilines is 1. The predicted octanol–water partition coefficient (Wildman–Crippen LogP) is 3.70. The van der Waals surface area contributed by atoms with Gasteiger partial charge < -0.3 is 4.90 Å². The maximum atomic E-state index is 12.8. The van der Waals surface area contributed by atoms with Crippen LogP contribution in [0.5, 0.6) is 0 Å². The lowest BCUT2D eigenvalue weighted by Gasteiger charge is -2.10. The highest BCUT2D eigenvalue weighted by Crippen LogP contribution is 2.38. The van der Waals surface area contributed by atoms with Crippen molar-refractivity contribution in [3.05, 3.63) is 68.7 Å². The Kier molecular flexibility index (Phi) is 4.00. The Morgan fingerprint density at radius 1 is 1.15 bits per heavy atom. The average molecular weight is 410 g/mol. The zero-order valence-corrected chi connectivity index (χ0v) is 15.9. The molecule has 1 amide bonds. The molecule has 0 aliphatic carbocycles. The van der Waals surface area contributed by atoms with Gasteiger partial charge in [-0.15, -0.1) is 0 Å². The van der Waals surface area contributed by atoms with Gasteiger partial charge in [-0.3, -0.25) is 14.2 Å². The number of hydrogen-bond donors (Lipinski definition) is 0. The second-order valence-electron chi connectivity index (χ2n) is 6.12. The number of carbonyl (C=O) groups excluding carboxylic acids is 1. The van der Waals surface area contributed by atoms with Gasteiger partial charge in [-0.1, -0.05) is 28.1 Å². The van der Waals surface area contributed by atoms with Crippen molar-refractivity contribution in [2.75, 3.05) is 11.9 Å². The van der Waals surface area contributed by atoms with E-state index in [9.17, 15) is 9.59 Å². The molecular formula is C20H16BrN3O2. The zero-order valence-electron chi connectivity index (χ0n) is 14.4. The third-order valence-corrected chi connectivity index (χ3v) is 5.12. The lowest BCUT2D eigenvalue weighted by Crippen LogP contribution is -2.24. The van der Waals surface area contributed by atoms with Gasteiger partial charge in [0.25, 0.3) is 11.5 Å². The van der Waals surface area contributed by atoms with E-state index in [1.165, 1.54) is 0 Å². The SMILES string of the molecule is CCn1c(/C=C2\C(=O)N(C)c3ccc(Br)cc32)nc2ccccc2c1=O. The van der Waals surface area contributed by atoms with Gasteiger partial charge in [0.05, 0.1) is 22.2 Å². The van der Waals surface area contributed by atoms with Gasteiger partial charge in [0.2, 0.25) is 0 Å².